The van der Waals surface area contributed by atoms with Gasteiger partial charge in [-0.3, -0.25) is 9.59 Å². The largest absolute Gasteiger partial charge is 0.459 e. The lowest BCUT2D eigenvalue weighted by Crippen LogP contribution is -2.43. The molecule has 17 heavy (non-hydrogen) atoms. The van der Waals surface area contributed by atoms with E-state index in [1.54, 1.807) is 6.07 Å². The average Bonchev–Trinajstić information content (AvgIpc) is 2.86. The first-order chi connectivity index (χ1) is 8.17. The minimum atomic E-state index is -0.442. The van der Waals surface area contributed by atoms with Crippen LogP contribution < -0.4 is 10.6 Å². The van der Waals surface area contributed by atoms with Crippen molar-refractivity contribution in [2.45, 2.75) is 19.4 Å². The lowest BCUT2D eigenvalue weighted by Gasteiger charge is -2.13. The summed E-state index contributed by atoms with van der Waals surface area (Å²) in [4.78, 5) is 22.8. The van der Waals surface area contributed by atoms with Gasteiger partial charge in [-0.1, -0.05) is 6.92 Å². The second-order valence-electron chi connectivity index (χ2n) is 3.52. The van der Waals surface area contributed by atoms with Crippen LogP contribution in [0, 0.1) is 0 Å². The Hall–Kier alpha value is -1.82. The van der Waals surface area contributed by atoms with Crippen LogP contribution in [0.4, 0.5) is 0 Å². The monoisotopic (exact) mass is 240 g/mol. The van der Waals surface area contributed by atoms with Crippen LogP contribution in [0.2, 0.25) is 0 Å². The van der Waals surface area contributed by atoms with Gasteiger partial charge in [0.15, 0.2) is 5.76 Å². The van der Waals surface area contributed by atoms with Gasteiger partial charge in [0, 0.05) is 0 Å². The van der Waals surface area contributed by atoms with E-state index < -0.39 is 5.91 Å². The van der Waals surface area contributed by atoms with Crippen LogP contribution in [-0.2, 0) is 4.79 Å². The van der Waals surface area contributed by atoms with Crippen molar-refractivity contribution in [2.24, 2.45) is 0 Å². The lowest BCUT2D eigenvalue weighted by atomic mass is 10.2. The van der Waals surface area contributed by atoms with Crippen molar-refractivity contribution in [3.05, 3.63) is 24.2 Å². The van der Waals surface area contributed by atoms with Crippen molar-refractivity contribution in [3.63, 3.8) is 0 Å². The van der Waals surface area contributed by atoms with Gasteiger partial charge < -0.3 is 20.2 Å². The number of furan rings is 1. The Kier molecular flexibility index (Phi) is 5.22. The Morgan fingerprint density at radius 2 is 2.29 bits per heavy atom. The van der Waals surface area contributed by atoms with Crippen molar-refractivity contribution < 1.29 is 19.1 Å². The molecule has 1 aromatic rings. The highest BCUT2D eigenvalue weighted by Gasteiger charge is 2.12. The smallest absolute Gasteiger partial charge is 0.287 e. The Morgan fingerprint density at radius 1 is 1.53 bits per heavy atom. The van der Waals surface area contributed by atoms with Crippen LogP contribution in [0.5, 0.6) is 0 Å². The van der Waals surface area contributed by atoms with Crippen LogP contribution in [0.15, 0.2) is 22.8 Å². The molecule has 1 heterocycles. The third kappa shape index (κ3) is 4.28. The van der Waals surface area contributed by atoms with Crippen LogP contribution >= 0.6 is 0 Å². The molecular weight excluding hydrogens is 224 g/mol. The maximum absolute atomic E-state index is 11.4. The number of nitrogens with one attached hydrogen (secondary N) is 2. The molecule has 94 valence electrons. The van der Waals surface area contributed by atoms with Crippen molar-refractivity contribution in [3.8, 4) is 0 Å². The zero-order valence-electron chi connectivity index (χ0n) is 9.60. The van der Waals surface area contributed by atoms with Crippen LogP contribution in [0.25, 0.3) is 0 Å². The van der Waals surface area contributed by atoms with Crippen molar-refractivity contribution in [1.29, 1.82) is 0 Å². The molecule has 0 bridgehead atoms. The van der Waals surface area contributed by atoms with Gasteiger partial charge in [-0.25, -0.2) is 0 Å². The SMILES string of the molecule is CC[C@H](CO)NC(=O)CNC(=O)c1ccco1. The molecule has 0 saturated heterocycles. The minimum Gasteiger partial charge on any atom is -0.459 e. The molecule has 6 nitrogen and oxygen atoms in total. The summed E-state index contributed by atoms with van der Waals surface area (Å²) in [5.41, 5.74) is 0. The number of aliphatic hydroxyl groups excluding tert-OH is 1. The molecule has 1 atom stereocenters. The van der Waals surface area contributed by atoms with Gasteiger partial charge >= 0.3 is 0 Å². The summed E-state index contributed by atoms with van der Waals surface area (Å²) in [6, 6.07) is 2.83. The summed E-state index contributed by atoms with van der Waals surface area (Å²) in [5, 5.41) is 13.9. The van der Waals surface area contributed by atoms with E-state index in [1.807, 2.05) is 6.92 Å². The molecule has 0 radical (unpaired) electrons. The van der Waals surface area contributed by atoms with Crippen molar-refractivity contribution >= 4 is 11.8 Å². The Bertz CT molecular complexity index is 358. The molecular formula is C11H16N2O4. The summed E-state index contributed by atoms with van der Waals surface area (Å²) in [6.45, 7) is 1.59. The molecule has 2 amide bonds. The summed E-state index contributed by atoms with van der Waals surface area (Å²) in [5.74, 6) is -0.625. The van der Waals surface area contributed by atoms with Crippen molar-refractivity contribution in [2.75, 3.05) is 13.2 Å². The van der Waals surface area contributed by atoms with Crippen molar-refractivity contribution in [1.82, 2.24) is 10.6 Å². The van der Waals surface area contributed by atoms with E-state index in [0.717, 1.165) is 0 Å². The highest BCUT2D eigenvalue weighted by Crippen LogP contribution is 1.98. The van der Waals surface area contributed by atoms with Crippen LogP contribution in [0.3, 0.4) is 0 Å². The molecule has 0 spiro atoms. The standard InChI is InChI=1S/C11H16N2O4/c1-2-8(7-14)13-10(15)6-12-11(16)9-4-3-5-17-9/h3-5,8,14H,2,6-7H2,1H3,(H,12,16)(H,13,15)/t8-/m1/s1. The molecule has 0 aromatic carbocycles. The summed E-state index contributed by atoms with van der Waals surface area (Å²) in [7, 11) is 0. The predicted octanol–water partition coefficient (Wildman–Crippen LogP) is -0.103. The zero-order valence-corrected chi connectivity index (χ0v) is 9.60. The van der Waals surface area contributed by atoms with Gasteiger partial charge in [-0.05, 0) is 18.6 Å². The Balaban J connectivity index is 2.31. The van der Waals surface area contributed by atoms with E-state index in [0.29, 0.717) is 6.42 Å². The fourth-order valence-electron chi connectivity index (χ4n) is 1.21. The maximum atomic E-state index is 11.4. The van der Waals surface area contributed by atoms with Crippen LogP contribution in [0.1, 0.15) is 23.9 Å². The molecule has 1 aromatic heterocycles. The summed E-state index contributed by atoms with van der Waals surface area (Å²) >= 11 is 0. The first kappa shape index (κ1) is 13.2. The number of carbonyl (C=O) groups is 2. The third-order valence-electron chi connectivity index (χ3n) is 2.23. The number of amides is 2. The van der Waals surface area contributed by atoms with Gasteiger partial charge in [0.25, 0.3) is 5.91 Å². The second kappa shape index (κ2) is 6.70. The zero-order chi connectivity index (χ0) is 12.7. The molecule has 0 fully saturated rings. The number of rotatable bonds is 6. The quantitative estimate of drug-likeness (QED) is 0.647. The normalized spacial score (nSPS) is 11.9. The molecule has 0 aliphatic heterocycles. The Morgan fingerprint density at radius 3 is 2.82 bits per heavy atom. The fourth-order valence-corrected chi connectivity index (χ4v) is 1.21. The van der Waals surface area contributed by atoms with E-state index in [-0.39, 0.29) is 30.9 Å². The molecule has 0 aliphatic rings. The maximum Gasteiger partial charge on any atom is 0.287 e. The number of aliphatic hydroxyl groups is 1. The molecule has 0 aliphatic carbocycles. The minimum absolute atomic E-state index is 0.117. The third-order valence-corrected chi connectivity index (χ3v) is 2.23. The molecule has 0 saturated carbocycles. The summed E-state index contributed by atoms with van der Waals surface area (Å²) in [6.07, 6.45) is 2.02. The number of carbonyl (C=O) groups excluding carboxylic acids is 2. The van der Waals surface area contributed by atoms with E-state index in [9.17, 15) is 9.59 Å². The molecule has 3 N–H and O–H groups in total. The second-order valence-corrected chi connectivity index (χ2v) is 3.52. The number of hydrogen-bond acceptors (Lipinski definition) is 4. The van der Waals surface area contributed by atoms with E-state index in [1.165, 1.54) is 12.3 Å². The van der Waals surface area contributed by atoms with Gasteiger partial charge in [0.05, 0.1) is 25.5 Å². The first-order valence-electron chi connectivity index (χ1n) is 5.39. The number of hydrogen-bond donors (Lipinski definition) is 3. The van der Waals surface area contributed by atoms with Gasteiger partial charge in [-0.2, -0.15) is 0 Å². The van der Waals surface area contributed by atoms with Gasteiger partial charge in [-0.15, -0.1) is 0 Å². The average molecular weight is 240 g/mol. The van der Waals surface area contributed by atoms with E-state index in [2.05, 4.69) is 10.6 Å². The highest BCUT2D eigenvalue weighted by atomic mass is 16.3. The topological polar surface area (TPSA) is 91.6 Å². The Labute approximate surface area is 99.0 Å². The molecule has 6 heteroatoms. The highest BCUT2D eigenvalue weighted by molar-refractivity contribution is 5.94. The van der Waals surface area contributed by atoms with E-state index in [4.69, 9.17) is 9.52 Å². The van der Waals surface area contributed by atoms with Gasteiger partial charge in [0.1, 0.15) is 0 Å². The molecule has 0 unspecified atom stereocenters. The molecule has 1 rings (SSSR count). The van der Waals surface area contributed by atoms with E-state index >= 15 is 0 Å². The first-order valence-corrected chi connectivity index (χ1v) is 5.39. The lowest BCUT2D eigenvalue weighted by molar-refractivity contribution is -0.121. The fraction of sp³-hybridized carbons (Fsp3) is 0.455. The predicted molar refractivity (Wildman–Crippen MR) is 60.3 cm³/mol. The van der Waals surface area contributed by atoms with Crippen LogP contribution in [-0.4, -0.2) is 36.1 Å². The summed E-state index contributed by atoms with van der Waals surface area (Å²) < 4.78 is 4.87. The van der Waals surface area contributed by atoms with Gasteiger partial charge in [0.2, 0.25) is 5.91 Å².